The Kier molecular flexibility index (Phi) is 8.64. The van der Waals surface area contributed by atoms with Gasteiger partial charge in [0.25, 0.3) is 0 Å². The van der Waals surface area contributed by atoms with E-state index in [1.54, 1.807) is 25.3 Å². The lowest BCUT2D eigenvalue weighted by Crippen LogP contribution is -2.22. The van der Waals surface area contributed by atoms with Crippen LogP contribution in [0.3, 0.4) is 0 Å². The molecular formula is C23H21Cl2N3O2S2. The number of para-hydroxylation sites is 2. The van der Waals surface area contributed by atoms with Crippen molar-refractivity contribution in [1.82, 2.24) is 0 Å². The number of hydrogen-bond acceptors (Lipinski definition) is 4. The van der Waals surface area contributed by atoms with Crippen LogP contribution in [-0.2, 0) is 4.79 Å². The summed E-state index contributed by atoms with van der Waals surface area (Å²) in [7, 11) is 1.61. The molecule has 166 valence electrons. The minimum absolute atomic E-state index is 0.161. The van der Waals surface area contributed by atoms with Crippen molar-refractivity contribution < 1.29 is 9.53 Å². The summed E-state index contributed by atoms with van der Waals surface area (Å²) in [6.45, 7) is 1.83. The molecule has 3 aromatic carbocycles. The van der Waals surface area contributed by atoms with Gasteiger partial charge in [0, 0.05) is 15.6 Å². The van der Waals surface area contributed by atoms with Crippen LogP contribution in [0.2, 0.25) is 10.0 Å². The van der Waals surface area contributed by atoms with Crippen molar-refractivity contribution in [3.63, 3.8) is 0 Å². The first kappa shape index (κ1) is 24.2. The fraction of sp³-hybridized carbons (Fsp3) is 0.130. The Bertz CT molecular complexity index is 1130. The molecule has 1 unspecified atom stereocenters. The number of ether oxygens (including phenoxy) is 1. The van der Waals surface area contributed by atoms with E-state index in [1.165, 1.54) is 11.8 Å². The number of rotatable bonds is 7. The molecule has 32 heavy (non-hydrogen) atoms. The van der Waals surface area contributed by atoms with E-state index >= 15 is 0 Å². The molecule has 0 aromatic heterocycles. The third-order valence-electron chi connectivity index (χ3n) is 4.32. The Morgan fingerprint density at radius 1 is 0.969 bits per heavy atom. The molecule has 0 aliphatic carbocycles. The van der Waals surface area contributed by atoms with Gasteiger partial charge in [-0.25, -0.2) is 0 Å². The van der Waals surface area contributed by atoms with E-state index < -0.39 is 0 Å². The van der Waals surface area contributed by atoms with Crippen molar-refractivity contribution in [3.05, 3.63) is 76.8 Å². The maximum absolute atomic E-state index is 12.6. The highest BCUT2D eigenvalue weighted by atomic mass is 35.5. The van der Waals surface area contributed by atoms with Gasteiger partial charge < -0.3 is 20.7 Å². The second-order valence-electron chi connectivity index (χ2n) is 6.68. The summed E-state index contributed by atoms with van der Waals surface area (Å²) in [4.78, 5) is 13.5. The van der Waals surface area contributed by atoms with Crippen LogP contribution in [0, 0.1) is 0 Å². The van der Waals surface area contributed by atoms with Gasteiger partial charge in [-0.15, -0.1) is 11.8 Å². The van der Waals surface area contributed by atoms with E-state index in [9.17, 15) is 4.79 Å². The van der Waals surface area contributed by atoms with Crippen LogP contribution in [0.25, 0.3) is 0 Å². The lowest BCUT2D eigenvalue weighted by Gasteiger charge is -2.15. The number of hydrogen-bond donors (Lipinski definition) is 3. The minimum atomic E-state index is -0.351. The lowest BCUT2D eigenvalue weighted by atomic mass is 10.3. The first-order valence-corrected chi connectivity index (χ1v) is 11.6. The fourth-order valence-electron chi connectivity index (χ4n) is 2.76. The van der Waals surface area contributed by atoms with Crippen molar-refractivity contribution >= 4 is 75.3 Å². The molecule has 0 heterocycles. The highest BCUT2D eigenvalue weighted by Gasteiger charge is 2.16. The Labute approximate surface area is 206 Å². The summed E-state index contributed by atoms with van der Waals surface area (Å²) >= 11 is 18.9. The average Bonchev–Trinajstić information content (AvgIpc) is 2.76. The molecule has 0 aliphatic heterocycles. The normalized spacial score (nSPS) is 11.4. The largest absolute Gasteiger partial charge is 0.495 e. The average molecular weight is 506 g/mol. The Morgan fingerprint density at radius 2 is 1.75 bits per heavy atom. The molecule has 1 atom stereocenters. The topological polar surface area (TPSA) is 62.4 Å². The van der Waals surface area contributed by atoms with Gasteiger partial charge in [0.15, 0.2) is 5.11 Å². The van der Waals surface area contributed by atoms with Crippen LogP contribution in [0.15, 0.2) is 71.6 Å². The van der Waals surface area contributed by atoms with E-state index in [0.29, 0.717) is 26.6 Å². The van der Waals surface area contributed by atoms with Crippen molar-refractivity contribution in [1.29, 1.82) is 0 Å². The SMILES string of the molecule is COc1ccccc1NC(=S)Nc1cccc(SC(C)C(=O)Nc2ccc(Cl)cc2Cl)c1. The molecule has 0 saturated carbocycles. The van der Waals surface area contributed by atoms with E-state index in [4.69, 9.17) is 40.2 Å². The summed E-state index contributed by atoms with van der Waals surface area (Å²) in [6.07, 6.45) is 0. The molecule has 0 spiro atoms. The van der Waals surface area contributed by atoms with Crippen LogP contribution >= 0.6 is 47.2 Å². The third kappa shape index (κ3) is 6.77. The summed E-state index contributed by atoms with van der Waals surface area (Å²) in [5.74, 6) is 0.535. The van der Waals surface area contributed by atoms with Crippen molar-refractivity contribution in [2.24, 2.45) is 0 Å². The molecular weight excluding hydrogens is 485 g/mol. The van der Waals surface area contributed by atoms with Crippen molar-refractivity contribution in [2.75, 3.05) is 23.1 Å². The van der Waals surface area contributed by atoms with Gasteiger partial charge in [0.2, 0.25) is 5.91 Å². The van der Waals surface area contributed by atoms with Crippen molar-refractivity contribution in [2.45, 2.75) is 17.1 Å². The number of carbonyl (C=O) groups excluding carboxylic acids is 1. The maximum atomic E-state index is 12.6. The second kappa shape index (κ2) is 11.4. The molecule has 0 saturated heterocycles. The second-order valence-corrected chi connectivity index (χ2v) is 9.35. The summed E-state index contributed by atoms with van der Waals surface area (Å²) in [5.41, 5.74) is 2.09. The van der Waals surface area contributed by atoms with E-state index in [0.717, 1.165) is 16.3 Å². The van der Waals surface area contributed by atoms with E-state index in [1.807, 2.05) is 55.5 Å². The van der Waals surface area contributed by atoms with Gasteiger partial charge in [-0.2, -0.15) is 0 Å². The minimum Gasteiger partial charge on any atom is -0.495 e. The smallest absolute Gasteiger partial charge is 0.237 e. The molecule has 3 N–H and O–H groups in total. The number of nitrogens with one attached hydrogen (secondary N) is 3. The third-order valence-corrected chi connectivity index (χ3v) is 6.16. The standard InChI is InChI=1S/C23H21Cl2N3O2S2/c1-14(22(29)27-19-11-10-15(24)12-18(19)25)32-17-7-5-6-16(13-17)26-23(31)28-20-8-3-4-9-21(20)30-2/h3-14H,1-2H3,(H,27,29)(H2,26,28,31). The predicted octanol–water partition coefficient (Wildman–Crippen LogP) is 6.93. The van der Waals surface area contributed by atoms with Crippen LogP contribution in [0.1, 0.15) is 6.92 Å². The lowest BCUT2D eigenvalue weighted by molar-refractivity contribution is -0.115. The van der Waals surface area contributed by atoms with Crippen LogP contribution in [0.4, 0.5) is 17.1 Å². The number of thiocarbonyl (C=S) groups is 1. The Hall–Kier alpha value is -2.45. The Balaban J connectivity index is 1.60. The number of anilines is 3. The van der Waals surface area contributed by atoms with E-state index in [2.05, 4.69) is 16.0 Å². The van der Waals surface area contributed by atoms with Crippen LogP contribution < -0.4 is 20.7 Å². The fourth-order valence-corrected chi connectivity index (χ4v) is 4.37. The molecule has 1 amide bonds. The van der Waals surface area contributed by atoms with E-state index in [-0.39, 0.29) is 11.2 Å². The highest BCUT2D eigenvalue weighted by Crippen LogP contribution is 2.29. The molecule has 0 bridgehead atoms. The quantitative estimate of drug-likeness (QED) is 0.239. The van der Waals surface area contributed by atoms with Gasteiger partial charge in [-0.1, -0.05) is 41.4 Å². The monoisotopic (exact) mass is 505 g/mol. The highest BCUT2D eigenvalue weighted by molar-refractivity contribution is 8.00. The van der Waals surface area contributed by atoms with Gasteiger partial charge >= 0.3 is 0 Å². The number of carbonyl (C=O) groups is 1. The first-order chi connectivity index (χ1) is 15.4. The number of methoxy groups -OCH3 is 1. The number of halogens is 2. The Morgan fingerprint density at radius 3 is 2.50 bits per heavy atom. The molecule has 0 fully saturated rings. The zero-order chi connectivity index (χ0) is 23.1. The van der Waals surface area contributed by atoms with Crippen LogP contribution in [0.5, 0.6) is 5.75 Å². The van der Waals surface area contributed by atoms with Crippen molar-refractivity contribution in [3.8, 4) is 5.75 Å². The summed E-state index contributed by atoms with van der Waals surface area (Å²) < 4.78 is 5.33. The number of benzene rings is 3. The number of amides is 1. The molecule has 0 aliphatic rings. The molecule has 3 rings (SSSR count). The summed E-state index contributed by atoms with van der Waals surface area (Å²) in [5, 5.41) is 10.1. The number of thioether (sulfide) groups is 1. The molecule has 9 heteroatoms. The zero-order valence-corrected chi connectivity index (χ0v) is 20.5. The summed E-state index contributed by atoms with van der Waals surface area (Å²) in [6, 6.07) is 20.1. The molecule has 5 nitrogen and oxygen atoms in total. The van der Waals surface area contributed by atoms with Gasteiger partial charge in [0.1, 0.15) is 5.75 Å². The predicted molar refractivity (Wildman–Crippen MR) is 140 cm³/mol. The van der Waals surface area contributed by atoms with Crippen LogP contribution in [-0.4, -0.2) is 23.4 Å². The first-order valence-electron chi connectivity index (χ1n) is 9.59. The van der Waals surface area contributed by atoms with Gasteiger partial charge in [0.05, 0.1) is 28.8 Å². The molecule has 0 radical (unpaired) electrons. The molecule has 3 aromatic rings. The van der Waals surface area contributed by atoms with Gasteiger partial charge in [-0.05, 0) is 67.7 Å². The zero-order valence-electron chi connectivity index (χ0n) is 17.3. The van der Waals surface area contributed by atoms with Gasteiger partial charge in [-0.3, -0.25) is 4.79 Å². The maximum Gasteiger partial charge on any atom is 0.237 e.